The highest BCUT2D eigenvalue weighted by molar-refractivity contribution is 7.80. The molecule has 0 fully saturated rings. The van der Waals surface area contributed by atoms with E-state index in [4.69, 9.17) is 45.9 Å². The molecule has 20 amide bonds. The number of unbranched alkanes of at least 4 members (excludes halogenated alkanes) is 6. The van der Waals surface area contributed by atoms with Crippen LogP contribution in [0.4, 0.5) is 0 Å². The number of carbonyl (C=O) groups excluding carboxylic acids is 20. The van der Waals surface area contributed by atoms with Crippen LogP contribution in [0.25, 0.3) is 0 Å². The van der Waals surface area contributed by atoms with Crippen molar-refractivity contribution < 1.29 is 131 Å². The summed E-state index contributed by atoms with van der Waals surface area (Å²) < 4.78 is 0. The number of nitrogens with two attached hydrogens (primary N) is 8. The summed E-state index contributed by atoms with van der Waals surface area (Å²) in [5, 5.41) is 96.4. The second-order valence-corrected chi connectivity index (χ2v) is 37.3. The van der Waals surface area contributed by atoms with Crippen LogP contribution in [0.5, 0.6) is 5.75 Å². The van der Waals surface area contributed by atoms with Crippen molar-refractivity contribution in [1.29, 1.82) is 0 Å². The standard InChI is InChI=1S/C91H159N27O27S4/c1-8-46(2)71(117-82(136)60(31-32-68(123)124)111-87(141)65(44-148)115-89(143)70(98)50(6)119)91(145)116-64(43-147)85(139)103-49(5)75(129)112-61(39-52-27-29-53(121)30-28-52)83(137)102-47(3)74(128)101-48(4)76(130)114-66(45-149)88(142)118-72(51(7)120)90(144)100-41-67(122)104-63(42-146)86(140)113-62(40-69(125)126)84(138)110-59(26-14-20-38-97)81(135)109-58(25-13-19-37-96)80(134)108-57(24-12-18-36-95)79(133)107-56(23-11-17-35-94)78(132)106-55(22-10-16-34-93)77(131)105-54(73(99)127)21-9-15-33-92/h27-30,46-51,54-66,70-72,119-121,146-149H,8-26,31-45,92-98H2,1-7H3,(H2,99,127)(H,100,144)(H,101,128)(H,102,137)(H,103,139)(H,104,122)(H,105,131)(H,106,132)(H,107,133)(H,108,134)(H,109,135)(H,110,138)(H,111,141)(H,112,129)(H,113,140)(H,114,130)(H,115,143)(H,116,145)(H,117,136)(H,118,142)(H,123,124)(H,125,126)/t46-,47-,48-,49-,50+,51+,54-,55-,56-,57-,58-,59-,60-,61-,62-,63-,64-,65-,66-,70-,71-,72-/m0/s1. The lowest BCUT2D eigenvalue weighted by molar-refractivity contribution is -0.141. The Morgan fingerprint density at radius 1 is 0.302 bits per heavy atom. The molecule has 0 saturated carbocycles. The lowest BCUT2D eigenvalue weighted by Gasteiger charge is -2.29. The summed E-state index contributed by atoms with van der Waals surface area (Å²) in [4.78, 5) is 301. The van der Waals surface area contributed by atoms with Crippen LogP contribution in [0, 0.1) is 5.92 Å². The van der Waals surface area contributed by atoms with E-state index in [9.17, 15) is 131 Å². The third-order valence-electron chi connectivity index (χ3n) is 23.4. The molecule has 1 aromatic rings. The number of hydrogen-bond acceptors (Lipinski definition) is 36. The van der Waals surface area contributed by atoms with E-state index in [1.54, 1.807) is 13.8 Å². The minimum atomic E-state index is -2.00. The van der Waals surface area contributed by atoms with Crippen LogP contribution in [-0.2, 0) is 112 Å². The van der Waals surface area contributed by atoms with E-state index in [0.29, 0.717) is 63.5 Å². The quantitative estimate of drug-likeness (QED) is 0.0213. The maximum absolute atomic E-state index is 14.6. The molecule has 0 unspecified atom stereocenters. The van der Waals surface area contributed by atoms with Crippen molar-refractivity contribution in [2.75, 3.05) is 68.8 Å². The number of phenols is 1. The molecule has 54 nitrogen and oxygen atoms in total. The monoisotopic (exact) mass is 2190 g/mol. The molecule has 0 saturated heterocycles. The first-order valence-corrected chi connectivity index (χ1v) is 52.0. The van der Waals surface area contributed by atoms with E-state index < -0.39 is 306 Å². The zero-order valence-electron chi connectivity index (χ0n) is 85.2. The lowest BCUT2D eigenvalue weighted by Crippen LogP contribution is -2.61. The topological polar surface area (TPSA) is 913 Å². The number of carbonyl (C=O) groups is 22. The molecular weight excluding hydrogens is 2030 g/mol. The van der Waals surface area contributed by atoms with Crippen LogP contribution in [0.1, 0.15) is 195 Å². The second kappa shape index (κ2) is 74.3. The maximum Gasteiger partial charge on any atom is 0.305 e. The molecule has 844 valence electrons. The number of nitrogens with one attached hydrogen (secondary N) is 19. The molecule has 0 bridgehead atoms. The minimum absolute atomic E-state index is 0.00786. The number of carboxylic acid groups (broad SMARTS) is 2. The number of thiol groups is 4. The summed E-state index contributed by atoms with van der Waals surface area (Å²) in [6.07, 6.45) is -1.34. The number of phenolic OH excluding ortho intramolecular Hbond substituents is 1. The molecule has 0 heterocycles. The van der Waals surface area contributed by atoms with Crippen molar-refractivity contribution in [3.8, 4) is 5.75 Å². The Bertz CT molecular complexity index is 4510. The fourth-order valence-electron chi connectivity index (χ4n) is 14.2. The Morgan fingerprint density at radius 3 is 0.919 bits per heavy atom. The molecule has 1 rings (SSSR count). The first kappa shape index (κ1) is 135. The van der Waals surface area contributed by atoms with Gasteiger partial charge < -0.3 is 172 Å². The highest BCUT2D eigenvalue weighted by atomic mass is 32.1. The van der Waals surface area contributed by atoms with Gasteiger partial charge >= 0.3 is 11.9 Å². The van der Waals surface area contributed by atoms with Crippen LogP contribution in [0.3, 0.4) is 0 Å². The Balaban J connectivity index is 3.38. The molecule has 0 aliphatic rings. The van der Waals surface area contributed by atoms with Gasteiger partial charge in [-0.05, 0) is 219 Å². The van der Waals surface area contributed by atoms with Crippen LogP contribution in [-0.4, -0.2) is 351 Å². The van der Waals surface area contributed by atoms with Crippen molar-refractivity contribution in [3.63, 3.8) is 0 Å². The Labute approximate surface area is 887 Å². The van der Waals surface area contributed by atoms with Gasteiger partial charge in [0, 0.05) is 35.9 Å². The average molecular weight is 2190 g/mol. The SMILES string of the molecule is CC[C@H](C)[C@H](NC(=O)[C@H](CCC(=O)O)NC(=O)[C@H](CS)NC(=O)[C@@H](N)[C@@H](C)O)C(=O)N[C@@H](CS)C(=O)N[C@@H](C)C(=O)N[C@@H](Cc1ccc(O)cc1)C(=O)N[C@@H](C)C(=O)N[C@@H](C)C(=O)N[C@@H](CS)C(=O)N[C@H](C(=O)NCC(=O)N[C@@H](CS)C(=O)N[C@@H](CC(=O)O)C(=O)N[C@@H](CCCCN)C(=O)N[C@@H](CCCCN)C(=O)N[C@@H](CCCCN)C(=O)N[C@@H](CCCCN)C(=O)N[C@@H](CCCCN)C(=O)N[C@@H](CCCCN)C(N)=O)[C@@H](C)O. The number of aliphatic hydroxyl groups is 2. The molecule has 0 spiro atoms. The summed E-state index contributed by atoms with van der Waals surface area (Å²) in [7, 11) is 0. The number of benzene rings is 1. The highest BCUT2D eigenvalue weighted by Gasteiger charge is 2.41. The minimum Gasteiger partial charge on any atom is -0.508 e. The van der Waals surface area contributed by atoms with E-state index in [2.05, 4.69) is 152 Å². The van der Waals surface area contributed by atoms with Crippen molar-refractivity contribution in [3.05, 3.63) is 29.8 Å². The lowest BCUT2D eigenvalue weighted by atomic mass is 9.97. The normalized spacial score (nSPS) is 15.6. The number of primary amides is 1. The van der Waals surface area contributed by atoms with Gasteiger partial charge in [0.05, 0.1) is 25.2 Å². The number of carboxylic acids is 2. The molecular formula is C91H159N27O27S4. The van der Waals surface area contributed by atoms with Crippen LogP contribution in [0.2, 0.25) is 0 Å². The molecule has 22 atom stereocenters. The molecule has 149 heavy (non-hydrogen) atoms. The zero-order chi connectivity index (χ0) is 113. The third kappa shape index (κ3) is 52.6. The van der Waals surface area contributed by atoms with Crippen molar-refractivity contribution in [2.24, 2.45) is 51.8 Å². The average Bonchev–Trinajstić information content (AvgIpc) is 0.849. The van der Waals surface area contributed by atoms with Crippen molar-refractivity contribution in [2.45, 2.75) is 323 Å². The molecule has 0 aliphatic carbocycles. The highest BCUT2D eigenvalue weighted by Crippen LogP contribution is 2.18. The van der Waals surface area contributed by atoms with Gasteiger partial charge in [0.1, 0.15) is 121 Å². The summed E-state index contributed by atoms with van der Waals surface area (Å²) >= 11 is 16.6. The van der Waals surface area contributed by atoms with Crippen molar-refractivity contribution in [1.82, 2.24) is 101 Å². The molecule has 0 aromatic heterocycles. The van der Waals surface area contributed by atoms with Crippen LogP contribution < -0.4 is 147 Å². The summed E-state index contributed by atoms with van der Waals surface area (Å²) in [5.41, 5.74) is 46.3. The predicted octanol–water partition coefficient (Wildman–Crippen LogP) is -10.7. The fraction of sp³-hybridized carbons (Fsp3) is 0.692. The Morgan fingerprint density at radius 2 is 0.577 bits per heavy atom. The smallest absolute Gasteiger partial charge is 0.305 e. The number of amides is 20. The van der Waals surface area contributed by atoms with Crippen molar-refractivity contribution >= 4 is 181 Å². The third-order valence-corrected chi connectivity index (χ3v) is 24.9. The summed E-state index contributed by atoms with van der Waals surface area (Å²) in [5.74, 6) is -25.8. The first-order valence-electron chi connectivity index (χ1n) is 49.4. The Kier molecular flexibility index (Phi) is 67.6. The number of hydrogen-bond donors (Lipinski definition) is 36. The molecule has 0 radical (unpaired) electrons. The van der Waals surface area contributed by atoms with Gasteiger partial charge in [-0.15, -0.1) is 0 Å². The molecule has 58 heteroatoms. The van der Waals surface area contributed by atoms with Crippen LogP contribution in [0.15, 0.2) is 24.3 Å². The number of rotatable bonds is 78. The predicted molar refractivity (Wildman–Crippen MR) is 559 cm³/mol. The van der Waals surface area contributed by atoms with E-state index in [0.717, 1.165) is 6.92 Å². The van der Waals surface area contributed by atoms with Gasteiger partial charge in [0.15, 0.2) is 0 Å². The molecule has 40 N–H and O–H groups in total. The van der Waals surface area contributed by atoms with Gasteiger partial charge in [-0.25, -0.2) is 0 Å². The zero-order valence-corrected chi connectivity index (χ0v) is 88.8. The van der Waals surface area contributed by atoms with Crippen LogP contribution >= 0.6 is 50.5 Å². The van der Waals surface area contributed by atoms with E-state index in [1.807, 2.05) is 0 Å². The maximum atomic E-state index is 14.6. The number of aliphatic carboxylic acids is 2. The number of aromatic hydroxyl groups is 1. The first-order chi connectivity index (χ1) is 70.4. The largest absolute Gasteiger partial charge is 0.508 e. The van der Waals surface area contributed by atoms with Gasteiger partial charge in [-0.3, -0.25) is 105 Å². The van der Waals surface area contributed by atoms with Gasteiger partial charge in [0.2, 0.25) is 118 Å². The second-order valence-electron chi connectivity index (χ2n) is 35.9. The molecule has 0 aliphatic heterocycles. The number of aliphatic hydroxyl groups excluding tert-OH is 2. The van der Waals surface area contributed by atoms with E-state index in [1.165, 1.54) is 52.0 Å². The van der Waals surface area contributed by atoms with Gasteiger partial charge in [-0.2, -0.15) is 50.5 Å². The van der Waals surface area contributed by atoms with Gasteiger partial charge in [0.25, 0.3) is 0 Å². The summed E-state index contributed by atoms with van der Waals surface area (Å²) in [6.45, 7) is 9.33. The van der Waals surface area contributed by atoms with Gasteiger partial charge in [-0.1, -0.05) is 32.4 Å². The summed E-state index contributed by atoms with van der Waals surface area (Å²) in [6, 6.07) is -23.6. The van der Waals surface area contributed by atoms with E-state index in [-0.39, 0.29) is 121 Å². The Hall–Kier alpha value is -11.6. The fourth-order valence-corrected chi connectivity index (χ4v) is 15.2. The van der Waals surface area contributed by atoms with E-state index >= 15 is 0 Å². The molecule has 1 aromatic carbocycles.